The summed E-state index contributed by atoms with van der Waals surface area (Å²) < 4.78 is 0. The zero-order valence-electron chi connectivity index (χ0n) is 8.16. The molecule has 2 saturated carbocycles. The van der Waals surface area contributed by atoms with Gasteiger partial charge in [-0.1, -0.05) is 24.3 Å². The van der Waals surface area contributed by atoms with Crippen LogP contribution in [0.1, 0.15) is 36.8 Å². The third-order valence-corrected chi connectivity index (χ3v) is 3.49. The van der Waals surface area contributed by atoms with Crippen LogP contribution < -0.4 is 5.73 Å². The number of benzene rings is 1. The summed E-state index contributed by atoms with van der Waals surface area (Å²) in [4.78, 5) is 0. The fraction of sp³-hybridized carbons (Fsp3) is 0.500. The van der Waals surface area contributed by atoms with E-state index in [9.17, 15) is 5.11 Å². The number of nitrogens with two attached hydrogens (primary N) is 1. The highest BCUT2D eigenvalue weighted by molar-refractivity contribution is 5.37. The van der Waals surface area contributed by atoms with E-state index >= 15 is 0 Å². The lowest BCUT2D eigenvalue weighted by molar-refractivity contribution is 0.151. The van der Waals surface area contributed by atoms with Gasteiger partial charge < -0.3 is 10.8 Å². The van der Waals surface area contributed by atoms with Gasteiger partial charge in [-0.2, -0.15) is 0 Å². The predicted octanol–water partition coefficient (Wildman–Crippen LogP) is 1.62. The van der Waals surface area contributed by atoms with Crippen molar-refractivity contribution in [3.8, 4) is 0 Å². The summed E-state index contributed by atoms with van der Waals surface area (Å²) >= 11 is 0. The lowest BCUT2D eigenvalue weighted by atomic mass is 9.99. The molecule has 1 aromatic carbocycles. The van der Waals surface area contributed by atoms with Crippen LogP contribution in [-0.2, 0) is 11.1 Å². The molecule has 3 N–H and O–H groups in total. The summed E-state index contributed by atoms with van der Waals surface area (Å²) in [6.07, 6.45) is 3.95. The third-order valence-electron chi connectivity index (χ3n) is 3.49. The molecular formula is C12H15NO. The minimum atomic E-state index is -0.527. The van der Waals surface area contributed by atoms with Crippen molar-refractivity contribution in [1.82, 2.24) is 0 Å². The summed E-state index contributed by atoms with van der Waals surface area (Å²) in [6.45, 7) is 0. The van der Waals surface area contributed by atoms with Gasteiger partial charge in [-0.25, -0.2) is 0 Å². The second kappa shape index (κ2) is 2.38. The number of hydrogen-bond donors (Lipinski definition) is 2. The van der Waals surface area contributed by atoms with Gasteiger partial charge in [-0.3, -0.25) is 0 Å². The second-order valence-corrected chi connectivity index (χ2v) is 4.77. The average molecular weight is 189 g/mol. The molecule has 0 aromatic heterocycles. The van der Waals surface area contributed by atoms with E-state index in [0.29, 0.717) is 0 Å². The largest absolute Gasteiger partial charge is 0.385 e. The lowest BCUT2D eigenvalue weighted by Gasteiger charge is -2.13. The molecule has 2 heteroatoms. The topological polar surface area (TPSA) is 46.2 Å². The first-order valence-electron chi connectivity index (χ1n) is 5.25. The van der Waals surface area contributed by atoms with Crippen molar-refractivity contribution in [2.75, 3.05) is 0 Å². The Hall–Kier alpha value is -0.860. The second-order valence-electron chi connectivity index (χ2n) is 4.77. The highest BCUT2D eigenvalue weighted by Gasteiger charge is 2.44. The van der Waals surface area contributed by atoms with Crippen LogP contribution in [0.15, 0.2) is 24.3 Å². The Balaban J connectivity index is 1.99. The van der Waals surface area contributed by atoms with Gasteiger partial charge in [0.2, 0.25) is 0 Å². The van der Waals surface area contributed by atoms with Crippen LogP contribution >= 0.6 is 0 Å². The van der Waals surface area contributed by atoms with Crippen LogP contribution in [0.25, 0.3) is 0 Å². The Morgan fingerprint density at radius 2 is 1.71 bits per heavy atom. The van der Waals surface area contributed by atoms with Crippen LogP contribution in [0.2, 0.25) is 0 Å². The normalized spacial score (nSPS) is 25.9. The fourth-order valence-corrected chi connectivity index (χ4v) is 1.95. The number of rotatable bonds is 2. The van der Waals surface area contributed by atoms with Gasteiger partial charge in [-0.05, 0) is 36.8 Å². The molecule has 0 saturated heterocycles. The summed E-state index contributed by atoms with van der Waals surface area (Å²) in [5.41, 5.74) is 7.75. The van der Waals surface area contributed by atoms with Crippen LogP contribution in [0.3, 0.4) is 0 Å². The molecule has 1 aromatic rings. The minimum absolute atomic E-state index is 0.0821. The molecule has 2 aliphatic rings. The van der Waals surface area contributed by atoms with Gasteiger partial charge in [-0.15, -0.1) is 0 Å². The van der Waals surface area contributed by atoms with E-state index in [0.717, 1.165) is 31.2 Å². The maximum atomic E-state index is 9.97. The summed E-state index contributed by atoms with van der Waals surface area (Å²) in [6, 6.07) is 8.17. The van der Waals surface area contributed by atoms with Crippen LogP contribution in [0, 0.1) is 0 Å². The Kier molecular flexibility index (Phi) is 1.44. The molecule has 2 nitrogen and oxygen atoms in total. The van der Waals surface area contributed by atoms with E-state index in [2.05, 4.69) is 12.1 Å². The molecule has 0 bridgehead atoms. The van der Waals surface area contributed by atoms with Gasteiger partial charge in [0.1, 0.15) is 0 Å². The van der Waals surface area contributed by atoms with Crippen LogP contribution in [0.4, 0.5) is 0 Å². The Morgan fingerprint density at radius 1 is 1.07 bits per heavy atom. The van der Waals surface area contributed by atoms with Gasteiger partial charge in [0, 0.05) is 5.54 Å². The van der Waals surface area contributed by atoms with Gasteiger partial charge in [0.15, 0.2) is 0 Å². The summed E-state index contributed by atoms with van der Waals surface area (Å²) in [5.74, 6) is 0. The highest BCUT2D eigenvalue weighted by atomic mass is 16.3. The molecule has 2 aliphatic carbocycles. The molecule has 0 aliphatic heterocycles. The van der Waals surface area contributed by atoms with E-state index < -0.39 is 5.60 Å². The molecule has 0 radical (unpaired) electrons. The van der Waals surface area contributed by atoms with Crippen molar-refractivity contribution in [2.24, 2.45) is 5.73 Å². The van der Waals surface area contributed by atoms with E-state index in [1.165, 1.54) is 5.56 Å². The molecule has 0 spiro atoms. The van der Waals surface area contributed by atoms with Gasteiger partial charge in [0.05, 0.1) is 5.60 Å². The highest BCUT2D eigenvalue weighted by Crippen LogP contribution is 2.48. The monoisotopic (exact) mass is 189 g/mol. The molecule has 2 fully saturated rings. The molecule has 0 unspecified atom stereocenters. The van der Waals surface area contributed by atoms with Crippen molar-refractivity contribution in [3.63, 3.8) is 0 Å². The van der Waals surface area contributed by atoms with Crippen molar-refractivity contribution in [2.45, 2.75) is 36.8 Å². The molecule has 14 heavy (non-hydrogen) atoms. The van der Waals surface area contributed by atoms with E-state index in [-0.39, 0.29) is 5.54 Å². The van der Waals surface area contributed by atoms with Crippen LogP contribution in [0.5, 0.6) is 0 Å². The Bertz CT molecular complexity index is 344. The van der Waals surface area contributed by atoms with E-state index in [4.69, 9.17) is 5.73 Å². The standard InChI is InChI=1S/C12H15NO/c13-11(4-5-11)9-2-1-3-10(8-9)12(14)6-7-12/h1-3,8,14H,4-7,13H2. The van der Waals surface area contributed by atoms with Crippen molar-refractivity contribution in [1.29, 1.82) is 0 Å². The Labute approximate surface area is 83.7 Å². The zero-order chi connectivity index (χ0) is 9.81. The molecule has 0 atom stereocenters. The third kappa shape index (κ3) is 1.18. The van der Waals surface area contributed by atoms with Crippen molar-refractivity contribution < 1.29 is 5.11 Å². The van der Waals surface area contributed by atoms with Crippen molar-refractivity contribution >= 4 is 0 Å². The quantitative estimate of drug-likeness (QED) is 0.742. The average Bonchev–Trinajstić information content (AvgIpc) is 3.08. The summed E-state index contributed by atoms with van der Waals surface area (Å²) in [7, 11) is 0. The first-order valence-corrected chi connectivity index (χ1v) is 5.25. The maximum Gasteiger partial charge on any atom is 0.0899 e. The van der Waals surface area contributed by atoms with Crippen LogP contribution in [-0.4, -0.2) is 5.11 Å². The van der Waals surface area contributed by atoms with E-state index in [1.807, 2.05) is 12.1 Å². The lowest BCUT2D eigenvalue weighted by Crippen LogP contribution is -2.19. The first-order chi connectivity index (χ1) is 6.62. The summed E-state index contributed by atoms with van der Waals surface area (Å²) in [5, 5.41) is 9.97. The number of aliphatic hydroxyl groups is 1. The predicted molar refractivity (Wildman–Crippen MR) is 54.7 cm³/mol. The van der Waals surface area contributed by atoms with Gasteiger partial charge >= 0.3 is 0 Å². The van der Waals surface area contributed by atoms with Crippen molar-refractivity contribution in [3.05, 3.63) is 35.4 Å². The molecule has 0 heterocycles. The zero-order valence-corrected chi connectivity index (χ0v) is 8.16. The Morgan fingerprint density at radius 3 is 2.29 bits per heavy atom. The smallest absolute Gasteiger partial charge is 0.0899 e. The van der Waals surface area contributed by atoms with E-state index in [1.54, 1.807) is 0 Å². The van der Waals surface area contributed by atoms with Gasteiger partial charge in [0.25, 0.3) is 0 Å². The molecule has 74 valence electrons. The maximum absolute atomic E-state index is 9.97. The minimum Gasteiger partial charge on any atom is -0.385 e. The molecule has 0 amide bonds. The molecule has 3 rings (SSSR count). The SMILES string of the molecule is NC1(c2cccc(C3(O)CC3)c2)CC1. The molecular weight excluding hydrogens is 174 g/mol. The fourth-order valence-electron chi connectivity index (χ4n) is 1.95. The first kappa shape index (κ1) is 8.45. The number of hydrogen-bond acceptors (Lipinski definition) is 2.